The van der Waals surface area contributed by atoms with Gasteiger partial charge >= 0.3 is 0 Å². The molecule has 2 N–H and O–H groups in total. The van der Waals surface area contributed by atoms with Crippen molar-refractivity contribution in [2.24, 2.45) is 0 Å². The van der Waals surface area contributed by atoms with E-state index < -0.39 is 5.82 Å². The monoisotopic (exact) mass is 303 g/mol. The van der Waals surface area contributed by atoms with Crippen LogP contribution in [0.5, 0.6) is 0 Å². The molecule has 0 radical (unpaired) electrons. The number of hydrogen-bond donors (Lipinski definition) is 2. The van der Waals surface area contributed by atoms with Crippen LogP contribution in [-0.4, -0.2) is 36.4 Å². The molecule has 0 unspecified atom stereocenters. The molecule has 0 fully saturated rings. The zero-order valence-electron chi connectivity index (χ0n) is 11.6. The van der Waals surface area contributed by atoms with Crippen molar-refractivity contribution in [3.63, 3.8) is 0 Å². The zero-order chi connectivity index (χ0) is 15.9. The lowest BCUT2D eigenvalue weighted by Crippen LogP contribution is -2.16. The molecule has 1 aromatic heterocycles. The average molecular weight is 303 g/mol. The fourth-order valence-corrected chi connectivity index (χ4v) is 1.62. The molecule has 2 aromatic rings. The van der Waals surface area contributed by atoms with E-state index in [2.05, 4.69) is 25.6 Å². The van der Waals surface area contributed by atoms with Crippen LogP contribution in [-0.2, 0) is 4.74 Å². The smallest absolute Gasteiger partial charge is 0.198 e. The number of anilines is 2. The van der Waals surface area contributed by atoms with E-state index in [0.29, 0.717) is 18.8 Å². The number of ether oxygens (including phenoxy) is 1. The topological polar surface area (TPSA) is 118 Å². The molecule has 1 aromatic carbocycles. The van der Waals surface area contributed by atoms with Gasteiger partial charge in [0, 0.05) is 13.7 Å². The summed E-state index contributed by atoms with van der Waals surface area (Å²) in [5.74, 6) is -0.765. The van der Waals surface area contributed by atoms with Crippen LogP contribution in [0.3, 0.4) is 0 Å². The summed E-state index contributed by atoms with van der Waals surface area (Å²) in [6, 6.07) is 5.46. The number of nitriles is 1. The van der Waals surface area contributed by atoms with E-state index in [1.54, 1.807) is 13.2 Å². The largest absolute Gasteiger partial charge is 0.463 e. The molecule has 0 saturated heterocycles. The SMILES string of the molecule is COCCNc1nonc1C(=[N-])Nc1ccc(F)c(C#N)c1. The van der Waals surface area contributed by atoms with Crippen molar-refractivity contribution in [3.05, 3.63) is 40.7 Å². The molecule has 0 aliphatic rings. The Labute approximate surface area is 125 Å². The van der Waals surface area contributed by atoms with Crippen molar-refractivity contribution in [3.8, 4) is 6.07 Å². The lowest BCUT2D eigenvalue weighted by atomic mass is 10.2. The summed E-state index contributed by atoms with van der Waals surface area (Å²) in [7, 11) is 1.55. The summed E-state index contributed by atoms with van der Waals surface area (Å²) < 4.78 is 22.7. The molecule has 114 valence electrons. The summed E-state index contributed by atoms with van der Waals surface area (Å²) in [5.41, 5.74) is 0.231. The van der Waals surface area contributed by atoms with Crippen molar-refractivity contribution >= 4 is 17.3 Å². The van der Waals surface area contributed by atoms with E-state index in [1.165, 1.54) is 12.1 Å². The molecule has 0 spiro atoms. The number of methoxy groups -OCH3 is 1. The highest BCUT2D eigenvalue weighted by Gasteiger charge is 2.10. The normalized spacial score (nSPS) is 10.0. The van der Waals surface area contributed by atoms with Crippen LogP contribution in [0.4, 0.5) is 15.9 Å². The van der Waals surface area contributed by atoms with Crippen molar-refractivity contribution in [1.29, 1.82) is 5.26 Å². The molecule has 2 rings (SSSR count). The van der Waals surface area contributed by atoms with Crippen LogP contribution < -0.4 is 10.6 Å². The first kappa shape index (κ1) is 15.4. The first-order valence-electron chi connectivity index (χ1n) is 6.24. The minimum absolute atomic E-state index is 0.0546. The molecule has 0 saturated carbocycles. The Hall–Kier alpha value is -2.99. The van der Waals surface area contributed by atoms with Crippen molar-refractivity contribution in [2.75, 3.05) is 30.9 Å². The van der Waals surface area contributed by atoms with Gasteiger partial charge in [0.2, 0.25) is 0 Å². The highest BCUT2D eigenvalue weighted by molar-refractivity contribution is 6.11. The van der Waals surface area contributed by atoms with E-state index in [-0.39, 0.29) is 22.9 Å². The molecule has 9 heteroatoms. The van der Waals surface area contributed by atoms with Gasteiger partial charge in [-0.15, -0.1) is 0 Å². The predicted molar refractivity (Wildman–Crippen MR) is 76.9 cm³/mol. The van der Waals surface area contributed by atoms with Gasteiger partial charge in [0.05, 0.1) is 12.2 Å². The Morgan fingerprint density at radius 3 is 3.05 bits per heavy atom. The fraction of sp³-hybridized carbons (Fsp3) is 0.231. The number of hydrogen-bond acceptors (Lipinski definition) is 6. The molecular formula is C13H12FN6O2-. The van der Waals surface area contributed by atoms with Gasteiger partial charge in [0.1, 0.15) is 17.6 Å². The number of nitrogens with one attached hydrogen (secondary N) is 2. The van der Waals surface area contributed by atoms with E-state index >= 15 is 0 Å². The highest BCUT2D eigenvalue weighted by atomic mass is 19.1. The van der Waals surface area contributed by atoms with Gasteiger partial charge in [-0.1, -0.05) is 6.07 Å². The highest BCUT2D eigenvalue weighted by Crippen LogP contribution is 2.16. The third kappa shape index (κ3) is 3.56. The van der Waals surface area contributed by atoms with Crippen LogP contribution in [0.2, 0.25) is 0 Å². The van der Waals surface area contributed by atoms with Crippen LogP contribution in [0.25, 0.3) is 5.41 Å². The Morgan fingerprint density at radius 2 is 2.32 bits per heavy atom. The lowest BCUT2D eigenvalue weighted by molar-refractivity contribution is 0.210. The van der Waals surface area contributed by atoms with Crippen LogP contribution in [0.15, 0.2) is 22.8 Å². The molecule has 0 bridgehead atoms. The maximum absolute atomic E-state index is 13.2. The molecule has 0 amide bonds. The first-order valence-corrected chi connectivity index (χ1v) is 6.24. The van der Waals surface area contributed by atoms with Gasteiger partial charge in [0.15, 0.2) is 5.82 Å². The number of benzene rings is 1. The molecule has 0 aliphatic heterocycles. The lowest BCUT2D eigenvalue weighted by Gasteiger charge is -2.15. The Morgan fingerprint density at radius 1 is 1.50 bits per heavy atom. The van der Waals surface area contributed by atoms with E-state index in [1.807, 2.05) is 0 Å². The Balaban J connectivity index is 2.10. The minimum atomic E-state index is -0.641. The molecule has 22 heavy (non-hydrogen) atoms. The molecule has 8 nitrogen and oxygen atoms in total. The molecule has 1 heterocycles. The summed E-state index contributed by atoms with van der Waals surface area (Å²) in [6.07, 6.45) is 0. The minimum Gasteiger partial charge on any atom is -0.463 e. The maximum Gasteiger partial charge on any atom is 0.198 e. The van der Waals surface area contributed by atoms with Gasteiger partial charge in [-0.2, -0.15) is 5.26 Å². The van der Waals surface area contributed by atoms with Gasteiger partial charge in [-0.25, -0.2) is 9.02 Å². The second-order valence-corrected chi connectivity index (χ2v) is 4.16. The quantitative estimate of drug-likeness (QED) is 0.472. The second-order valence-electron chi connectivity index (χ2n) is 4.16. The molecule has 0 atom stereocenters. The number of rotatable bonds is 6. The van der Waals surface area contributed by atoms with Crippen molar-refractivity contribution < 1.29 is 13.8 Å². The van der Waals surface area contributed by atoms with Crippen molar-refractivity contribution in [1.82, 2.24) is 10.3 Å². The third-order valence-corrected chi connectivity index (χ3v) is 2.66. The van der Waals surface area contributed by atoms with E-state index in [9.17, 15) is 9.80 Å². The van der Waals surface area contributed by atoms with Crippen LogP contribution in [0.1, 0.15) is 11.3 Å². The number of aromatic nitrogens is 2. The van der Waals surface area contributed by atoms with E-state index in [0.717, 1.165) is 6.07 Å². The van der Waals surface area contributed by atoms with E-state index in [4.69, 9.17) is 10.00 Å². The number of nitrogens with zero attached hydrogens (tertiary/aromatic N) is 4. The fourth-order valence-electron chi connectivity index (χ4n) is 1.62. The summed E-state index contributed by atoms with van der Waals surface area (Å²) in [5, 5.41) is 31.5. The second kappa shape index (κ2) is 7.14. The van der Waals surface area contributed by atoms with Gasteiger partial charge < -0.3 is 20.8 Å². The summed E-state index contributed by atoms with van der Waals surface area (Å²) in [4.78, 5) is 0. The van der Waals surface area contributed by atoms with Crippen LogP contribution in [0, 0.1) is 17.1 Å². The van der Waals surface area contributed by atoms with Gasteiger partial charge in [-0.3, -0.25) is 0 Å². The number of amidine groups is 1. The third-order valence-electron chi connectivity index (χ3n) is 2.66. The van der Waals surface area contributed by atoms with Gasteiger partial charge in [-0.05, 0) is 34.0 Å². The maximum atomic E-state index is 13.2. The van der Waals surface area contributed by atoms with Crippen LogP contribution >= 0.6 is 0 Å². The predicted octanol–water partition coefficient (Wildman–Crippen LogP) is 1.57. The van der Waals surface area contributed by atoms with Gasteiger partial charge in [0.25, 0.3) is 0 Å². The molecule has 0 aliphatic carbocycles. The Kier molecular flexibility index (Phi) is 5.00. The standard InChI is InChI=1S/C13H12FN6O2/c1-21-5-4-17-13-11(19-22-20-13)12(16)18-9-2-3-10(14)8(6-9)7-15/h2-3,6H,4-5H2,1H3,(H2-,16,17,18,20)/q-1. The summed E-state index contributed by atoms with van der Waals surface area (Å²) in [6.45, 7) is 0.879. The Bertz CT molecular complexity index is 709. The number of halogens is 1. The average Bonchev–Trinajstić information content (AvgIpc) is 2.98. The first-order chi connectivity index (χ1) is 10.7. The molecular weight excluding hydrogens is 291 g/mol. The zero-order valence-corrected chi connectivity index (χ0v) is 11.6. The summed E-state index contributed by atoms with van der Waals surface area (Å²) >= 11 is 0. The van der Waals surface area contributed by atoms with Crippen molar-refractivity contribution in [2.45, 2.75) is 0 Å².